The number of fused-ring (bicyclic) bond motifs is 3. The number of benzene rings is 5. The summed E-state index contributed by atoms with van der Waals surface area (Å²) in [6, 6.07) is 47.9. The van der Waals surface area contributed by atoms with E-state index in [-0.39, 0.29) is 29.7 Å². The Morgan fingerprint density at radius 3 is 1.27 bits per heavy atom. The molecule has 0 saturated carbocycles. The molecule has 0 N–H and O–H groups in total. The van der Waals surface area contributed by atoms with E-state index in [1.54, 1.807) is 0 Å². The van der Waals surface area contributed by atoms with Crippen LogP contribution in [0, 0.1) is 0 Å². The normalized spacial score (nSPS) is 11.4. The zero-order valence-electron chi connectivity index (χ0n) is 24.2. The lowest BCUT2D eigenvalue weighted by molar-refractivity contribution is 0.563. The third kappa shape index (κ3) is 7.99. The number of para-hydroxylation sites is 4. The summed E-state index contributed by atoms with van der Waals surface area (Å²) in [5.74, 6) is 0.603. The van der Waals surface area contributed by atoms with E-state index >= 15 is 0 Å². The molecule has 234 valence electrons. The molecule has 1 aromatic heterocycles. The Labute approximate surface area is 269 Å². The minimum atomic E-state index is 0. The lowest BCUT2D eigenvalue weighted by atomic mass is 9.98. The molecule has 2 unspecified atom stereocenters. The van der Waals surface area contributed by atoms with Crippen LogP contribution in [-0.4, -0.2) is 4.57 Å². The van der Waals surface area contributed by atoms with Crippen molar-refractivity contribution in [3.8, 4) is 0 Å². The number of hydrogen-bond donors (Lipinski definition) is 0. The molecule has 5 aromatic carbocycles. The predicted octanol–water partition coefficient (Wildman–Crippen LogP) is 14.0. The smallest absolute Gasteiger partial charge is 0.0493 e. The second-order valence-corrected chi connectivity index (χ2v) is 10.6. The largest absolute Gasteiger partial charge is 0.338 e. The van der Waals surface area contributed by atoms with Crippen LogP contribution < -0.4 is 4.90 Å². The van der Waals surface area contributed by atoms with E-state index in [9.17, 15) is 0 Å². The Morgan fingerprint density at radius 2 is 0.864 bits per heavy atom. The molecule has 2 heteroatoms. The SMILES string of the molecule is C.C.C.C.CCC(C)c1ccc(N(c2ccccc2)c2ccccc2)cc1.CCC(C)n1c2ccccc2c2ccccc21. The average Bonchev–Trinajstić information content (AvgIpc) is 3.37. The topological polar surface area (TPSA) is 8.17 Å². The molecular weight excluding hydrogens is 532 g/mol. The number of hydrogen-bond acceptors (Lipinski definition) is 1. The maximum absolute atomic E-state index is 2.46. The molecule has 6 rings (SSSR count). The maximum Gasteiger partial charge on any atom is 0.0493 e. The quantitative estimate of drug-likeness (QED) is 0.180. The monoisotopic (exact) mass is 588 g/mol. The molecule has 0 spiro atoms. The van der Waals surface area contributed by atoms with Crippen molar-refractivity contribution in [2.24, 2.45) is 0 Å². The number of nitrogens with zero attached hydrogens (tertiary/aromatic N) is 2. The Kier molecular flexibility index (Phi) is 15.2. The fraction of sp³-hybridized carbons (Fsp3) is 0.286. The first-order valence-corrected chi connectivity index (χ1v) is 14.6. The Bertz CT molecular complexity index is 1540. The Balaban J connectivity index is 0.000000417. The van der Waals surface area contributed by atoms with Crippen LogP contribution in [0.3, 0.4) is 0 Å². The molecule has 2 nitrogen and oxygen atoms in total. The minimum Gasteiger partial charge on any atom is -0.338 e. The van der Waals surface area contributed by atoms with Crippen LogP contribution in [-0.2, 0) is 0 Å². The summed E-state index contributed by atoms with van der Waals surface area (Å²) in [4.78, 5) is 2.29. The first-order chi connectivity index (χ1) is 19.6. The second kappa shape index (κ2) is 17.7. The van der Waals surface area contributed by atoms with Crippen LogP contribution in [0.15, 0.2) is 133 Å². The lowest BCUT2D eigenvalue weighted by Crippen LogP contribution is -2.09. The van der Waals surface area contributed by atoms with E-state index in [0.717, 1.165) is 6.42 Å². The van der Waals surface area contributed by atoms with E-state index < -0.39 is 0 Å². The highest BCUT2D eigenvalue weighted by Gasteiger charge is 2.13. The number of aromatic nitrogens is 1. The van der Waals surface area contributed by atoms with E-state index in [2.05, 4.69) is 171 Å². The molecule has 0 aliphatic carbocycles. The molecular formula is C42H56N2. The predicted molar refractivity (Wildman–Crippen MR) is 201 cm³/mol. The maximum atomic E-state index is 2.46. The molecule has 0 fully saturated rings. The fourth-order valence-electron chi connectivity index (χ4n) is 5.40. The van der Waals surface area contributed by atoms with Gasteiger partial charge in [0.15, 0.2) is 0 Å². The lowest BCUT2D eigenvalue weighted by Gasteiger charge is -2.25. The highest BCUT2D eigenvalue weighted by Crippen LogP contribution is 2.35. The van der Waals surface area contributed by atoms with Gasteiger partial charge in [0.05, 0.1) is 0 Å². The molecule has 0 aliphatic heterocycles. The molecule has 1 heterocycles. The van der Waals surface area contributed by atoms with Crippen LogP contribution in [0.1, 0.15) is 87.8 Å². The molecule has 0 radical (unpaired) electrons. The van der Waals surface area contributed by atoms with Gasteiger partial charge in [-0.25, -0.2) is 0 Å². The van der Waals surface area contributed by atoms with Crippen molar-refractivity contribution in [2.45, 2.75) is 82.2 Å². The zero-order chi connectivity index (χ0) is 27.9. The second-order valence-electron chi connectivity index (χ2n) is 10.6. The molecule has 44 heavy (non-hydrogen) atoms. The summed E-state index contributed by atoms with van der Waals surface area (Å²) in [6.45, 7) is 9.05. The number of anilines is 3. The van der Waals surface area contributed by atoms with Crippen LogP contribution >= 0.6 is 0 Å². The van der Waals surface area contributed by atoms with Crippen LogP contribution in [0.4, 0.5) is 17.1 Å². The fourth-order valence-corrected chi connectivity index (χ4v) is 5.40. The van der Waals surface area contributed by atoms with Crippen molar-refractivity contribution < 1.29 is 0 Å². The van der Waals surface area contributed by atoms with Gasteiger partial charge in [-0.2, -0.15) is 0 Å². The highest BCUT2D eigenvalue weighted by atomic mass is 15.1. The Morgan fingerprint density at radius 1 is 0.477 bits per heavy atom. The standard InChI is InChI=1S/C22H23N.C16H17N.4CH4/c1-3-18(2)19-14-16-22(17-15-19)23(20-10-6-4-7-11-20)21-12-8-5-9-13-21;1-3-12(2)17-15-10-6-4-8-13(15)14-9-5-7-11-16(14)17;;;;/h4-18H,3H2,1-2H3;4-12H,3H2,1-2H3;4*1H4. The van der Waals surface area contributed by atoms with Gasteiger partial charge in [-0.3, -0.25) is 0 Å². The Hall–Kier alpha value is -4.30. The molecule has 0 amide bonds. The summed E-state index contributed by atoms with van der Waals surface area (Å²) in [7, 11) is 0. The van der Waals surface area contributed by atoms with Gasteiger partial charge in [-0.1, -0.05) is 135 Å². The van der Waals surface area contributed by atoms with Gasteiger partial charge in [-0.05, 0) is 79.8 Å². The van der Waals surface area contributed by atoms with E-state index in [1.807, 2.05) is 0 Å². The summed E-state index contributed by atoms with van der Waals surface area (Å²) in [5, 5.41) is 2.73. The highest BCUT2D eigenvalue weighted by molar-refractivity contribution is 6.08. The first-order valence-electron chi connectivity index (χ1n) is 14.6. The minimum absolute atomic E-state index is 0. The van der Waals surface area contributed by atoms with Crippen LogP contribution in [0.2, 0.25) is 0 Å². The van der Waals surface area contributed by atoms with Crippen molar-refractivity contribution in [1.29, 1.82) is 0 Å². The number of rotatable bonds is 7. The molecule has 6 aromatic rings. The molecule has 0 saturated heterocycles. The van der Waals surface area contributed by atoms with Gasteiger partial charge in [0.25, 0.3) is 0 Å². The third-order valence-corrected chi connectivity index (χ3v) is 8.01. The average molecular weight is 589 g/mol. The van der Waals surface area contributed by atoms with Crippen molar-refractivity contribution in [3.63, 3.8) is 0 Å². The zero-order valence-corrected chi connectivity index (χ0v) is 24.2. The van der Waals surface area contributed by atoms with E-state index in [0.29, 0.717) is 12.0 Å². The first kappa shape index (κ1) is 37.7. The summed E-state index contributed by atoms with van der Waals surface area (Å²) >= 11 is 0. The van der Waals surface area contributed by atoms with Crippen LogP contribution in [0.25, 0.3) is 21.8 Å². The molecule has 2 atom stereocenters. The summed E-state index contributed by atoms with van der Waals surface area (Å²) < 4.78 is 2.46. The van der Waals surface area contributed by atoms with Crippen molar-refractivity contribution in [1.82, 2.24) is 4.57 Å². The van der Waals surface area contributed by atoms with E-state index in [1.165, 1.54) is 50.9 Å². The molecule has 0 bridgehead atoms. The van der Waals surface area contributed by atoms with Crippen LogP contribution in [0.5, 0.6) is 0 Å². The van der Waals surface area contributed by atoms with Gasteiger partial charge in [-0.15, -0.1) is 0 Å². The molecule has 0 aliphatic rings. The summed E-state index contributed by atoms with van der Waals surface area (Å²) in [5.41, 5.74) is 7.64. The van der Waals surface area contributed by atoms with E-state index in [4.69, 9.17) is 0 Å². The third-order valence-electron chi connectivity index (χ3n) is 8.01. The van der Waals surface area contributed by atoms with Gasteiger partial charge in [0, 0.05) is 44.9 Å². The van der Waals surface area contributed by atoms with Gasteiger partial charge >= 0.3 is 0 Å². The van der Waals surface area contributed by atoms with Crippen molar-refractivity contribution in [3.05, 3.63) is 139 Å². The van der Waals surface area contributed by atoms with Crippen molar-refractivity contribution >= 4 is 38.9 Å². The van der Waals surface area contributed by atoms with Gasteiger partial charge < -0.3 is 9.47 Å². The van der Waals surface area contributed by atoms with Gasteiger partial charge in [0.2, 0.25) is 0 Å². The van der Waals surface area contributed by atoms with Gasteiger partial charge in [0.1, 0.15) is 0 Å². The summed E-state index contributed by atoms with van der Waals surface area (Å²) in [6.07, 6.45) is 2.32. The van der Waals surface area contributed by atoms with Crippen molar-refractivity contribution in [2.75, 3.05) is 4.90 Å².